The van der Waals surface area contributed by atoms with Crippen molar-refractivity contribution in [1.82, 2.24) is 0 Å². The van der Waals surface area contributed by atoms with Gasteiger partial charge in [0.2, 0.25) is 5.91 Å². The molecule has 0 aliphatic rings. The first-order valence-electron chi connectivity index (χ1n) is 9.41. The van der Waals surface area contributed by atoms with Crippen LogP contribution in [0.2, 0.25) is 5.02 Å². The maximum atomic E-state index is 13.4. The van der Waals surface area contributed by atoms with Gasteiger partial charge in [0.1, 0.15) is 12.3 Å². The Labute approximate surface area is 193 Å². The van der Waals surface area contributed by atoms with Crippen LogP contribution < -0.4 is 14.4 Å². The van der Waals surface area contributed by atoms with Crippen molar-refractivity contribution in [3.63, 3.8) is 0 Å². The molecule has 3 rings (SSSR count). The molecule has 3 aromatic carbocycles. The predicted octanol–water partition coefficient (Wildman–Crippen LogP) is 5.20. The highest BCUT2D eigenvalue weighted by Crippen LogP contribution is 2.37. The number of hydrogen-bond donors (Lipinski definition) is 1. The van der Waals surface area contributed by atoms with E-state index in [-0.39, 0.29) is 21.4 Å². The topological polar surface area (TPSA) is 75.7 Å². The molecule has 0 saturated heterocycles. The zero-order chi connectivity index (χ0) is 24.2. The number of benzene rings is 3. The highest BCUT2D eigenvalue weighted by Gasteiger charge is 2.35. The van der Waals surface area contributed by atoms with Gasteiger partial charge in [-0.05, 0) is 42.5 Å². The Hall–Kier alpha value is -3.24. The molecule has 0 aliphatic carbocycles. The second-order valence-corrected chi connectivity index (χ2v) is 9.03. The quantitative estimate of drug-likeness (QED) is 0.486. The second kappa shape index (κ2) is 9.72. The van der Waals surface area contributed by atoms with Gasteiger partial charge in [-0.15, -0.1) is 0 Å². The van der Waals surface area contributed by atoms with Crippen LogP contribution in [0.15, 0.2) is 77.7 Å². The number of para-hydroxylation sites is 2. The van der Waals surface area contributed by atoms with E-state index in [0.29, 0.717) is 6.07 Å². The minimum Gasteiger partial charge on any atom is -0.495 e. The van der Waals surface area contributed by atoms with Crippen molar-refractivity contribution in [1.29, 1.82) is 0 Å². The number of ether oxygens (including phenoxy) is 1. The van der Waals surface area contributed by atoms with E-state index in [1.54, 1.807) is 18.2 Å². The van der Waals surface area contributed by atoms with E-state index in [4.69, 9.17) is 16.3 Å². The normalized spacial score (nSPS) is 11.7. The summed E-state index contributed by atoms with van der Waals surface area (Å²) in [6, 6.07) is 16.3. The second-order valence-electron chi connectivity index (χ2n) is 6.73. The summed E-state index contributed by atoms with van der Waals surface area (Å²) in [6.07, 6.45) is -4.79. The molecule has 6 nitrogen and oxygen atoms in total. The van der Waals surface area contributed by atoms with Crippen LogP contribution in [0.4, 0.5) is 24.5 Å². The molecule has 0 radical (unpaired) electrons. The van der Waals surface area contributed by atoms with E-state index in [2.05, 4.69) is 5.32 Å². The first-order chi connectivity index (χ1) is 15.5. The van der Waals surface area contributed by atoms with Crippen LogP contribution in [0.1, 0.15) is 5.56 Å². The van der Waals surface area contributed by atoms with Crippen molar-refractivity contribution in [2.24, 2.45) is 0 Å². The van der Waals surface area contributed by atoms with Crippen LogP contribution in [0, 0.1) is 0 Å². The third kappa shape index (κ3) is 5.58. The number of anilines is 2. The van der Waals surface area contributed by atoms with Gasteiger partial charge >= 0.3 is 6.18 Å². The molecule has 0 heterocycles. The number of nitrogens with zero attached hydrogens (tertiary/aromatic N) is 1. The molecule has 11 heteroatoms. The Morgan fingerprint density at radius 3 is 2.30 bits per heavy atom. The fourth-order valence-electron chi connectivity index (χ4n) is 3.04. The van der Waals surface area contributed by atoms with Gasteiger partial charge in [-0.1, -0.05) is 41.9 Å². The molecule has 0 spiro atoms. The lowest BCUT2D eigenvalue weighted by atomic mass is 10.1. The molecule has 0 aliphatic heterocycles. The average molecular weight is 499 g/mol. The molecule has 0 atom stereocenters. The highest BCUT2D eigenvalue weighted by atomic mass is 35.5. The largest absolute Gasteiger partial charge is 0.495 e. The lowest BCUT2D eigenvalue weighted by molar-refractivity contribution is -0.137. The predicted molar refractivity (Wildman–Crippen MR) is 119 cm³/mol. The van der Waals surface area contributed by atoms with Crippen molar-refractivity contribution in [3.8, 4) is 5.75 Å². The molecule has 0 fully saturated rings. The number of alkyl halides is 3. The summed E-state index contributed by atoms with van der Waals surface area (Å²) in [6.45, 7) is -0.808. The number of sulfonamides is 1. The Morgan fingerprint density at radius 2 is 1.67 bits per heavy atom. The monoisotopic (exact) mass is 498 g/mol. The molecule has 0 bridgehead atoms. The van der Waals surface area contributed by atoms with Gasteiger partial charge in [-0.25, -0.2) is 8.42 Å². The van der Waals surface area contributed by atoms with Gasteiger partial charge < -0.3 is 10.1 Å². The van der Waals surface area contributed by atoms with Crippen LogP contribution in [0.5, 0.6) is 5.75 Å². The third-order valence-electron chi connectivity index (χ3n) is 4.53. The van der Waals surface area contributed by atoms with Crippen molar-refractivity contribution >= 4 is 38.9 Å². The molecular weight excluding hydrogens is 481 g/mol. The van der Waals surface area contributed by atoms with Crippen LogP contribution in [0.3, 0.4) is 0 Å². The summed E-state index contributed by atoms with van der Waals surface area (Å²) in [4.78, 5) is 12.7. The van der Waals surface area contributed by atoms with E-state index in [1.165, 1.54) is 49.6 Å². The van der Waals surface area contributed by atoms with Gasteiger partial charge in [-0.3, -0.25) is 9.10 Å². The number of nitrogens with one attached hydrogen (secondary N) is 1. The minimum atomic E-state index is -4.79. The van der Waals surface area contributed by atoms with E-state index >= 15 is 0 Å². The molecule has 174 valence electrons. The molecular formula is C22H18ClF3N2O4S. The van der Waals surface area contributed by atoms with Gasteiger partial charge in [0.15, 0.2) is 0 Å². The van der Waals surface area contributed by atoms with Crippen molar-refractivity contribution < 1.29 is 31.1 Å². The summed E-state index contributed by atoms with van der Waals surface area (Å²) >= 11 is 5.67. The van der Waals surface area contributed by atoms with Crippen LogP contribution >= 0.6 is 11.6 Å². The summed E-state index contributed by atoms with van der Waals surface area (Å²) < 4.78 is 72.9. The molecule has 0 aromatic heterocycles. The Kier molecular flexibility index (Phi) is 7.19. The lowest BCUT2D eigenvalue weighted by Crippen LogP contribution is -2.38. The third-order valence-corrected chi connectivity index (χ3v) is 6.54. The number of halogens is 4. The molecule has 0 saturated carbocycles. The van der Waals surface area contributed by atoms with Crippen LogP contribution in [0.25, 0.3) is 0 Å². The Bertz CT molecular complexity index is 1250. The smallest absolute Gasteiger partial charge is 0.418 e. The summed E-state index contributed by atoms with van der Waals surface area (Å²) in [5, 5.41) is 1.98. The lowest BCUT2D eigenvalue weighted by Gasteiger charge is -2.26. The number of hydrogen-bond acceptors (Lipinski definition) is 4. The fourth-order valence-corrected chi connectivity index (χ4v) is 4.66. The standard InChI is InChI=1S/C22H18ClF3N2O4S/c1-32-20-10-6-5-9-19(20)28(33(30,31)16-7-3-2-4-8-16)14-21(29)27-18-12-11-15(23)13-17(18)22(24,25)26/h2-13H,14H2,1H3,(H,27,29). The van der Waals surface area contributed by atoms with Crippen molar-refractivity contribution in [3.05, 3.63) is 83.4 Å². The zero-order valence-corrected chi connectivity index (χ0v) is 18.7. The first-order valence-corrected chi connectivity index (χ1v) is 11.2. The van der Waals surface area contributed by atoms with Crippen molar-refractivity contribution in [2.45, 2.75) is 11.1 Å². The maximum absolute atomic E-state index is 13.4. The minimum absolute atomic E-state index is 0.0474. The summed E-state index contributed by atoms with van der Waals surface area (Å²) in [5.41, 5.74) is -1.65. The van der Waals surface area contributed by atoms with Gasteiger partial charge in [-0.2, -0.15) is 13.2 Å². The number of methoxy groups -OCH3 is 1. The highest BCUT2D eigenvalue weighted by molar-refractivity contribution is 7.92. The van der Waals surface area contributed by atoms with Crippen LogP contribution in [-0.2, 0) is 21.0 Å². The Morgan fingerprint density at radius 1 is 1.03 bits per heavy atom. The van der Waals surface area contributed by atoms with Gasteiger partial charge in [0.25, 0.3) is 10.0 Å². The maximum Gasteiger partial charge on any atom is 0.418 e. The van der Waals surface area contributed by atoms with Crippen molar-refractivity contribution in [2.75, 3.05) is 23.3 Å². The van der Waals surface area contributed by atoms with Gasteiger partial charge in [0.05, 0.1) is 28.9 Å². The van der Waals surface area contributed by atoms with E-state index in [9.17, 15) is 26.4 Å². The SMILES string of the molecule is COc1ccccc1N(CC(=O)Nc1ccc(Cl)cc1C(F)(F)F)S(=O)(=O)c1ccccc1. The zero-order valence-electron chi connectivity index (χ0n) is 17.1. The molecule has 33 heavy (non-hydrogen) atoms. The molecule has 1 amide bonds. The first kappa shape index (κ1) is 24.4. The Balaban J connectivity index is 2.01. The fraction of sp³-hybridized carbons (Fsp3) is 0.136. The number of amides is 1. The van der Waals surface area contributed by atoms with Crippen LogP contribution in [-0.4, -0.2) is 28.0 Å². The van der Waals surface area contributed by atoms with Gasteiger partial charge in [0, 0.05) is 5.02 Å². The summed E-state index contributed by atoms with van der Waals surface area (Å²) in [7, 11) is -2.94. The molecule has 0 unspecified atom stereocenters. The van der Waals surface area contributed by atoms with E-state index in [0.717, 1.165) is 10.4 Å². The summed E-state index contributed by atoms with van der Waals surface area (Å²) in [5.74, 6) is -0.833. The number of carbonyl (C=O) groups is 1. The number of carbonyl (C=O) groups excluding carboxylic acids is 1. The average Bonchev–Trinajstić information content (AvgIpc) is 2.78. The molecule has 1 N–H and O–H groups in total. The van der Waals surface area contributed by atoms with E-state index < -0.39 is 39.9 Å². The number of rotatable bonds is 7. The molecule has 3 aromatic rings. The van der Waals surface area contributed by atoms with E-state index in [1.807, 2.05) is 0 Å².